The van der Waals surface area contributed by atoms with E-state index in [1.807, 2.05) is 22.7 Å². The smallest absolute Gasteiger partial charge is 0.160 e. The van der Waals surface area contributed by atoms with Gasteiger partial charge in [0.05, 0.1) is 22.8 Å². The van der Waals surface area contributed by atoms with E-state index in [4.69, 9.17) is 19.9 Å². The molecule has 346 valence electrons. The summed E-state index contributed by atoms with van der Waals surface area (Å²) < 4.78 is 2.57. The second kappa shape index (κ2) is 17.4. The van der Waals surface area contributed by atoms with Crippen molar-refractivity contribution in [3.8, 4) is 88.7 Å². The van der Waals surface area contributed by atoms with Crippen LogP contribution in [0.5, 0.6) is 0 Å². The van der Waals surface area contributed by atoms with Gasteiger partial charge in [-0.25, -0.2) is 19.9 Å². The Morgan fingerprint density at radius 2 is 0.608 bits per heavy atom. The lowest BCUT2D eigenvalue weighted by Crippen LogP contribution is -2.27. The molecule has 0 N–H and O–H groups in total. The summed E-state index contributed by atoms with van der Waals surface area (Å²) in [6.45, 7) is 0. The molecule has 2 atom stereocenters. The van der Waals surface area contributed by atoms with Crippen LogP contribution in [0.1, 0.15) is 45.2 Å². The molecular weight excluding hydrogens is 937 g/mol. The summed E-state index contributed by atoms with van der Waals surface area (Å²) >= 11 is 3.65. The van der Waals surface area contributed by atoms with Gasteiger partial charge >= 0.3 is 0 Å². The van der Waals surface area contributed by atoms with Crippen LogP contribution in [0.3, 0.4) is 0 Å². The second-order valence-electron chi connectivity index (χ2n) is 19.3. The molecule has 3 aliphatic carbocycles. The monoisotopic (exact) mass is 978 g/mol. The minimum absolute atomic E-state index is 0.0359. The van der Waals surface area contributed by atoms with Gasteiger partial charge in [-0.15, -0.1) is 22.7 Å². The molecule has 1 unspecified atom stereocenters. The van der Waals surface area contributed by atoms with E-state index in [9.17, 15) is 0 Å². The predicted octanol–water partition coefficient (Wildman–Crippen LogP) is 18.0. The zero-order valence-corrected chi connectivity index (χ0v) is 41.5. The quantitative estimate of drug-likeness (QED) is 0.152. The first-order valence-corrected chi connectivity index (χ1v) is 26.7. The molecule has 0 radical (unpaired) electrons. The van der Waals surface area contributed by atoms with Crippen molar-refractivity contribution in [1.82, 2.24) is 19.9 Å². The molecule has 4 nitrogen and oxygen atoms in total. The number of aromatic nitrogens is 4. The number of hydrogen-bond acceptors (Lipinski definition) is 6. The van der Waals surface area contributed by atoms with Crippen molar-refractivity contribution >= 4 is 42.8 Å². The highest BCUT2D eigenvalue weighted by Crippen LogP contribution is 2.57. The van der Waals surface area contributed by atoms with Gasteiger partial charge in [0, 0.05) is 64.4 Å². The summed E-state index contributed by atoms with van der Waals surface area (Å²) in [7, 11) is 0. The maximum absolute atomic E-state index is 5.39. The molecule has 6 heteroatoms. The van der Waals surface area contributed by atoms with E-state index < -0.39 is 0 Å². The largest absolute Gasteiger partial charge is 0.228 e. The van der Waals surface area contributed by atoms with Gasteiger partial charge in [-0.3, -0.25) is 0 Å². The van der Waals surface area contributed by atoms with Crippen molar-refractivity contribution in [1.29, 1.82) is 0 Å². The summed E-state index contributed by atoms with van der Waals surface area (Å²) in [5.41, 5.74) is 20.1. The molecular formula is C68H42N4S2. The van der Waals surface area contributed by atoms with Crippen LogP contribution in [0.4, 0.5) is 0 Å². The second-order valence-corrected chi connectivity index (χ2v) is 21.5. The summed E-state index contributed by atoms with van der Waals surface area (Å²) in [5, 5.41) is 2.52. The van der Waals surface area contributed by atoms with E-state index in [-0.39, 0.29) is 11.8 Å². The molecule has 4 aromatic heterocycles. The molecule has 0 saturated carbocycles. The van der Waals surface area contributed by atoms with Crippen LogP contribution in [0.2, 0.25) is 0 Å². The number of nitrogens with zero attached hydrogens (tertiary/aromatic N) is 4. The molecule has 4 heterocycles. The minimum Gasteiger partial charge on any atom is -0.228 e. The van der Waals surface area contributed by atoms with Crippen LogP contribution < -0.4 is 0 Å². The first-order valence-electron chi connectivity index (χ1n) is 25.1. The fourth-order valence-corrected chi connectivity index (χ4v) is 13.5. The molecule has 0 spiro atoms. The van der Waals surface area contributed by atoms with Crippen molar-refractivity contribution in [2.24, 2.45) is 0 Å². The number of hydrogen-bond donors (Lipinski definition) is 0. The van der Waals surface area contributed by atoms with Gasteiger partial charge in [0.25, 0.3) is 0 Å². The topological polar surface area (TPSA) is 51.6 Å². The fourth-order valence-electron chi connectivity index (χ4n) is 11.4. The zero-order chi connectivity index (χ0) is 48.7. The van der Waals surface area contributed by atoms with Gasteiger partial charge in [0.1, 0.15) is 0 Å². The first kappa shape index (κ1) is 42.7. The number of rotatable bonds is 8. The Kier molecular flexibility index (Phi) is 10.0. The van der Waals surface area contributed by atoms with Crippen LogP contribution in [0.25, 0.3) is 109 Å². The number of thiophene rings is 2. The van der Waals surface area contributed by atoms with Crippen molar-refractivity contribution < 1.29 is 0 Å². The maximum Gasteiger partial charge on any atom is 0.160 e. The Balaban J connectivity index is 0.830. The van der Waals surface area contributed by atoms with E-state index in [1.165, 1.54) is 74.4 Å². The third-order valence-electron chi connectivity index (χ3n) is 14.9. The first-order chi connectivity index (χ1) is 36.6. The summed E-state index contributed by atoms with van der Waals surface area (Å²) in [6, 6.07) is 87.4. The predicted molar refractivity (Wildman–Crippen MR) is 307 cm³/mol. The van der Waals surface area contributed by atoms with Gasteiger partial charge in [-0.2, -0.15) is 0 Å². The number of benzene rings is 9. The van der Waals surface area contributed by atoms with Gasteiger partial charge in [0.2, 0.25) is 0 Å². The normalized spacial score (nSPS) is 14.2. The Morgan fingerprint density at radius 1 is 0.243 bits per heavy atom. The van der Waals surface area contributed by atoms with Gasteiger partial charge in [-0.05, 0) is 116 Å². The van der Waals surface area contributed by atoms with Crippen LogP contribution in [0.15, 0.2) is 243 Å². The Morgan fingerprint density at radius 3 is 1.05 bits per heavy atom. The highest BCUT2D eigenvalue weighted by molar-refractivity contribution is 7.22. The van der Waals surface area contributed by atoms with Gasteiger partial charge in [0.15, 0.2) is 11.6 Å². The summed E-state index contributed by atoms with van der Waals surface area (Å²) in [4.78, 5) is 23.9. The average Bonchev–Trinajstić information content (AvgIpc) is 4.13. The lowest BCUT2D eigenvalue weighted by atomic mass is 9.61. The SMILES string of the molecule is c1ccc(-c2cc(-c3cccc(-c4cc5ccccc5s4)c3)nc(-c3ccc4c(c3)C3c5ccccc5[C@H]4c4cc(-c5nc(-c6ccccc6)cc(-c6cccc(-c7cc8ccccc8s7)c6)n5)ccc43)n2)cc1. The fraction of sp³-hybridized carbons (Fsp3) is 0.0294. The highest BCUT2D eigenvalue weighted by atomic mass is 32.1. The van der Waals surface area contributed by atoms with Crippen molar-refractivity contribution in [3.05, 3.63) is 276 Å². The van der Waals surface area contributed by atoms with Crippen LogP contribution in [-0.2, 0) is 0 Å². The minimum atomic E-state index is 0.0359. The lowest BCUT2D eigenvalue weighted by Gasteiger charge is -2.42. The molecule has 0 aliphatic heterocycles. The molecule has 2 bridgehead atoms. The molecule has 0 saturated heterocycles. The third kappa shape index (κ3) is 7.33. The summed E-state index contributed by atoms with van der Waals surface area (Å²) in [6.07, 6.45) is 0. The van der Waals surface area contributed by atoms with Gasteiger partial charge < -0.3 is 0 Å². The molecule has 16 rings (SSSR count). The Bertz CT molecular complexity index is 4000. The Labute approximate surface area is 436 Å². The zero-order valence-electron chi connectivity index (χ0n) is 39.9. The van der Waals surface area contributed by atoms with Crippen molar-refractivity contribution in [2.45, 2.75) is 11.8 Å². The van der Waals surface area contributed by atoms with E-state index in [0.29, 0.717) is 11.6 Å². The molecule has 13 aromatic rings. The Hall–Kier alpha value is -8.94. The average molecular weight is 979 g/mol. The standard InChI is InChI=1S/C68H42N4S2/c1-3-15-41(16-4-1)57-39-59(43-21-13-23-45(33-43)63-37-47-19-7-11-27-61(47)73-63)71-67(69-57)49-29-31-53-55(35-49)65-51-25-9-10-26-52(51)66(53)56-36-50(30-32-54(56)65)68-70-58(42-17-5-2-6-18-42)40-60(72-68)44-22-14-24-46(34-44)64-38-48-20-8-12-28-62(48)74-64/h1-40,65-66H/t65-,66?/m1/s1. The molecule has 74 heavy (non-hydrogen) atoms. The van der Waals surface area contributed by atoms with Crippen molar-refractivity contribution in [3.63, 3.8) is 0 Å². The van der Waals surface area contributed by atoms with E-state index in [2.05, 4.69) is 243 Å². The summed E-state index contributed by atoms with van der Waals surface area (Å²) in [5.74, 6) is 1.49. The lowest BCUT2D eigenvalue weighted by molar-refractivity contribution is 0.754. The highest BCUT2D eigenvalue weighted by Gasteiger charge is 2.41. The molecule has 3 aliphatic rings. The van der Waals surface area contributed by atoms with Crippen molar-refractivity contribution in [2.75, 3.05) is 0 Å². The maximum atomic E-state index is 5.39. The third-order valence-corrected chi connectivity index (χ3v) is 17.2. The van der Waals surface area contributed by atoms with Gasteiger partial charge in [-0.1, -0.05) is 182 Å². The van der Waals surface area contributed by atoms with E-state index in [0.717, 1.165) is 56.2 Å². The molecule has 9 aromatic carbocycles. The molecule has 0 amide bonds. The van der Waals surface area contributed by atoms with Crippen LogP contribution in [0, 0.1) is 0 Å². The van der Waals surface area contributed by atoms with E-state index >= 15 is 0 Å². The van der Waals surface area contributed by atoms with Crippen LogP contribution >= 0.6 is 22.7 Å². The van der Waals surface area contributed by atoms with E-state index in [1.54, 1.807) is 0 Å². The van der Waals surface area contributed by atoms with Crippen LogP contribution in [-0.4, -0.2) is 19.9 Å². The molecule has 0 fully saturated rings. The number of fused-ring (bicyclic) bond motifs is 2.